The van der Waals surface area contributed by atoms with Crippen molar-refractivity contribution in [3.05, 3.63) is 12.5 Å². The number of aliphatic hydroxyl groups excluding tert-OH is 1. The second-order valence-corrected chi connectivity index (χ2v) is 4.70. The van der Waals surface area contributed by atoms with Crippen LogP contribution in [0, 0.1) is 0 Å². The normalized spacial score (nSPS) is 10.9. The van der Waals surface area contributed by atoms with Crippen molar-refractivity contribution < 1.29 is 5.11 Å². The highest BCUT2D eigenvalue weighted by molar-refractivity contribution is 7.99. The maximum absolute atomic E-state index is 8.64. The van der Waals surface area contributed by atoms with E-state index in [0.29, 0.717) is 0 Å². The summed E-state index contributed by atoms with van der Waals surface area (Å²) in [5.74, 6) is 2.79. The van der Waals surface area contributed by atoms with Crippen LogP contribution in [-0.4, -0.2) is 49.9 Å². The summed E-state index contributed by atoms with van der Waals surface area (Å²) in [6.45, 7) is 1.11. The van der Waals surface area contributed by atoms with Gasteiger partial charge in [-0.15, -0.1) is 0 Å². The van der Waals surface area contributed by atoms with E-state index in [1.165, 1.54) is 6.33 Å². The van der Waals surface area contributed by atoms with Crippen molar-refractivity contribution >= 4 is 28.6 Å². The predicted octanol–water partition coefficient (Wildman–Crippen LogP) is 0.880. The van der Waals surface area contributed by atoms with Crippen molar-refractivity contribution in [3.63, 3.8) is 0 Å². The Morgan fingerprint density at radius 1 is 1.35 bits per heavy atom. The number of nitrogens with zero attached hydrogens (tertiary/aromatic N) is 3. The maximum Gasteiger partial charge on any atom is 0.160 e. The van der Waals surface area contributed by atoms with Crippen LogP contribution >= 0.6 is 11.8 Å². The Morgan fingerprint density at radius 2 is 2.29 bits per heavy atom. The molecule has 0 saturated carbocycles. The quantitative estimate of drug-likeness (QED) is 0.635. The fraction of sp³-hybridized carbons (Fsp3) is 0.500. The van der Waals surface area contributed by atoms with E-state index < -0.39 is 0 Å². The van der Waals surface area contributed by atoms with E-state index in [4.69, 9.17) is 5.11 Å². The lowest BCUT2D eigenvalue weighted by molar-refractivity contribution is 0.296. The van der Waals surface area contributed by atoms with Crippen LogP contribution in [0.3, 0.4) is 0 Å². The minimum absolute atomic E-state index is 0.266. The van der Waals surface area contributed by atoms with Crippen LogP contribution < -0.4 is 5.32 Å². The third-order valence-electron chi connectivity index (χ3n) is 2.23. The topological polar surface area (TPSA) is 86.7 Å². The van der Waals surface area contributed by atoms with E-state index >= 15 is 0 Å². The second kappa shape index (κ2) is 6.41. The Morgan fingerprint density at radius 3 is 3.18 bits per heavy atom. The smallest absolute Gasteiger partial charge is 0.160 e. The number of fused-ring (bicyclic) bond motifs is 1. The summed E-state index contributed by atoms with van der Waals surface area (Å²) in [6, 6.07) is 0. The third-order valence-corrected chi connectivity index (χ3v) is 3.30. The zero-order chi connectivity index (χ0) is 11.9. The maximum atomic E-state index is 8.64. The van der Waals surface area contributed by atoms with Crippen LogP contribution in [0.4, 0.5) is 5.82 Å². The van der Waals surface area contributed by atoms with Crippen molar-refractivity contribution in [2.45, 2.75) is 6.42 Å². The van der Waals surface area contributed by atoms with Gasteiger partial charge < -0.3 is 10.4 Å². The van der Waals surface area contributed by atoms with Crippen LogP contribution in [0.5, 0.6) is 0 Å². The van der Waals surface area contributed by atoms with Crippen LogP contribution in [0.15, 0.2) is 12.5 Å². The highest BCUT2D eigenvalue weighted by atomic mass is 32.2. The summed E-state index contributed by atoms with van der Waals surface area (Å²) in [6.07, 6.45) is 4.09. The largest absolute Gasteiger partial charge is 0.396 e. The Balaban J connectivity index is 1.80. The third kappa shape index (κ3) is 3.31. The Kier molecular flexibility index (Phi) is 4.57. The van der Waals surface area contributed by atoms with E-state index in [-0.39, 0.29) is 6.61 Å². The molecule has 7 heteroatoms. The molecule has 0 fully saturated rings. The predicted molar refractivity (Wildman–Crippen MR) is 69.2 cm³/mol. The molecule has 0 aromatic carbocycles. The number of thioether (sulfide) groups is 1. The molecule has 0 bridgehead atoms. The first-order valence-corrected chi connectivity index (χ1v) is 6.64. The van der Waals surface area contributed by atoms with Gasteiger partial charge in [0.05, 0.1) is 11.6 Å². The van der Waals surface area contributed by atoms with Crippen LogP contribution in [0.1, 0.15) is 6.42 Å². The van der Waals surface area contributed by atoms with Gasteiger partial charge in [-0.25, -0.2) is 9.97 Å². The number of anilines is 1. The van der Waals surface area contributed by atoms with Gasteiger partial charge in [0.15, 0.2) is 5.65 Å². The second-order valence-electron chi connectivity index (χ2n) is 3.47. The molecule has 2 aromatic rings. The summed E-state index contributed by atoms with van der Waals surface area (Å²) in [7, 11) is 0. The van der Waals surface area contributed by atoms with Crippen molar-refractivity contribution in [2.75, 3.05) is 30.0 Å². The summed E-state index contributed by atoms with van der Waals surface area (Å²) < 4.78 is 0. The van der Waals surface area contributed by atoms with Gasteiger partial charge in [0.1, 0.15) is 12.1 Å². The van der Waals surface area contributed by atoms with Gasteiger partial charge in [-0.1, -0.05) is 0 Å². The van der Waals surface area contributed by atoms with Gasteiger partial charge in [-0.2, -0.15) is 16.9 Å². The van der Waals surface area contributed by atoms with Gasteiger partial charge >= 0.3 is 0 Å². The van der Waals surface area contributed by atoms with Crippen molar-refractivity contribution in [1.82, 2.24) is 20.2 Å². The van der Waals surface area contributed by atoms with Gasteiger partial charge in [0.2, 0.25) is 0 Å². The standard InChI is InChI=1S/C10H15N5OS/c16-3-1-4-17-5-2-11-9-8-6-14-15-10(8)13-7-12-9/h6-7,16H,1-5H2,(H2,11,12,13,14,15). The molecule has 0 radical (unpaired) electrons. The van der Waals surface area contributed by atoms with E-state index in [9.17, 15) is 0 Å². The average Bonchev–Trinajstić information content (AvgIpc) is 2.82. The van der Waals surface area contributed by atoms with Gasteiger partial charge in [-0.3, -0.25) is 5.10 Å². The van der Waals surface area contributed by atoms with Crippen LogP contribution in [-0.2, 0) is 0 Å². The number of aromatic amines is 1. The molecule has 0 aliphatic heterocycles. The first kappa shape index (κ1) is 12.1. The van der Waals surface area contributed by atoms with Gasteiger partial charge in [0.25, 0.3) is 0 Å². The van der Waals surface area contributed by atoms with Gasteiger partial charge in [-0.05, 0) is 12.2 Å². The zero-order valence-electron chi connectivity index (χ0n) is 9.39. The molecule has 6 nitrogen and oxygen atoms in total. The lowest BCUT2D eigenvalue weighted by Gasteiger charge is -2.05. The lowest BCUT2D eigenvalue weighted by atomic mass is 10.4. The fourth-order valence-corrected chi connectivity index (χ4v) is 2.20. The number of aliphatic hydroxyl groups is 1. The van der Waals surface area contributed by atoms with Crippen molar-refractivity contribution in [1.29, 1.82) is 0 Å². The number of H-pyrrole nitrogens is 1. The molecular formula is C10H15N5OS. The molecule has 0 atom stereocenters. The van der Waals surface area contributed by atoms with Crippen LogP contribution in [0.25, 0.3) is 11.0 Å². The molecule has 0 aliphatic carbocycles. The number of hydrogen-bond donors (Lipinski definition) is 3. The summed E-state index contributed by atoms with van der Waals surface area (Å²) in [4.78, 5) is 8.25. The summed E-state index contributed by atoms with van der Waals surface area (Å²) in [5, 5.41) is 19.5. The number of nitrogens with one attached hydrogen (secondary N) is 2. The SMILES string of the molecule is OCCCSCCNc1ncnc2[nH]ncc12. The Bertz CT molecular complexity index is 461. The first-order chi connectivity index (χ1) is 8.42. The Labute approximate surface area is 103 Å². The number of aromatic nitrogens is 4. The Hall–Kier alpha value is -1.34. The molecule has 92 valence electrons. The molecule has 3 N–H and O–H groups in total. The first-order valence-electron chi connectivity index (χ1n) is 5.48. The van der Waals surface area contributed by atoms with Crippen molar-refractivity contribution in [3.8, 4) is 0 Å². The van der Waals surface area contributed by atoms with E-state index in [0.717, 1.165) is 41.3 Å². The lowest BCUT2D eigenvalue weighted by Crippen LogP contribution is -2.06. The highest BCUT2D eigenvalue weighted by Gasteiger charge is 2.03. The minimum Gasteiger partial charge on any atom is -0.396 e. The van der Waals surface area contributed by atoms with Gasteiger partial charge in [0, 0.05) is 18.9 Å². The van der Waals surface area contributed by atoms with E-state index in [1.54, 1.807) is 6.20 Å². The fourth-order valence-electron chi connectivity index (χ4n) is 1.42. The molecule has 0 aliphatic rings. The van der Waals surface area contributed by atoms with E-state index in [1.807, 2.05) is 11.8 Å². The molecule has 2 aromatic heterocycles. The summed E-state index contributed by atoms with van der Waals surface area (Å²) >= 11 is 1.82. The number of rotatable bonds is 7. The van der Waals surface area contributed by atoms with E-state index in [2.05, 4.69) is 25.5 Å². The van der Waals surface area contributed by atoms with Crippen LogP contribution in [0.2, 0.25) is 0 Å². The average molecular weight is 253 g/mol. The molecule has 0 amide bonds. The summed E-state index contributed by atoms with van der Waals surface area (Å²) in [5.41, 5.74) is 0.746. The number of hydrogen-bond acceptors (Lipinski definition) is 6. The van der Waals surface area contributed by atoms with Crippen molar-refractivity contribution in [2.24, 2.45) is 0 Å². The molecule has 0 unspecified atom stereocenters. The highest BCUT2D eigenvalue weighted by Crippen LogP contribution is 2.15. The molecule has 0 spiro atoms. The molecule has 17 heavy (non-hydrogen) atoms. The minimum atomic E-state index is 0.266. The molecule has 2 rings (SSSR count). The monoisotopic (exact) mass is 253 g/mol. The molecule has 0 saturated heterocycles. The molecule has 2 heterocycles. The zero-order valence-corrected chi connectivity index (χ0v) is 10.2. The molecular weight excluding hydrogens is 238 g/mol.